The van der Waals surface area contributed by atoms with E-state index in [1.165, 1.54) is 0 Å². The molecule has 0 radical (unpaired) electrons. The molecular formula is C21H24N2O4. The van der Waals surface area contributed by atoms with Crippen LogP contribution in [0.4, 0.5) is 4.79 Å². The van der Waals surface area contributed by atoms with E-state index in [4.69, 9.17) is 9.47 Å². The summed E-state index contributed by atoms with van der Waals surface area (Å²) in [7, 11) is 1.57. The average Bonchev–Trinajstić information content (AvgIpc) is 2.58. The van der Waals surface area contributed by atoms with Gasteiger partial charge in [-0.3, -0.25) is 0 Å². The van der Waals surface area contributed by atoms with Crippen LogP contribution in [-0.2, 0) is 9.53 Å². The van der Waals surface area contributed by atoms with E-state index in [1.54, 1.807) is 14.0 Å². The van der Waals surface area contributed by atoms with Crippen LogP contribution >= 0.6 is 0 Å². The molecule has 0 saturated carbocycles. The van der Waals surface area contributed by atoms with E-state index in [9.17, 15) is 9.59 Å². The zero-order valence-electron chi connectivity index (χ0n) is 16.2. The lowest BCUT2D eigenvalue weighted by Crippen LogP contribution is -2.46. The normalized spacial score (nSPS) is 17.4. The fourth-order valence-corrected chi connectivity index (χ4v) is 3.27. The van der Waals surface area contributed by atoms with Crippen molar-refractivity contribution in [3.8, 4) is 5.75 Å². The van der Waals surface area contributed by atoms with Crippen LogP contribution in [0.3, 0.4) is 0 Å². The molecule has 2 aromatic carbocycles. The molecule has 2 N–H and O–H groups in total. The number of nitrogens with one attached hydrogen (secondary N) is 2. The second-order valence-electron chi connectivity index (χ2n) is 7.47. The highest BCUT2D eigenvalue weighted by Gasteiger charge is 2.36. The van der Waals surface area contributed by atoms with Crippen LogP contribution in [-0.4, -0.2) is 24.7 Å². The topological polar surface area (TPSA) is 76.7 Å². The van der Waals surface area contributed by atoms with Crippen molar-refractivity contribution in [1.29, 1.82) is 0 Å². The molecule has 3 rings (SSSR count). The van der Waals surface area contributed by atoms with Crippen LogP contribution in [0.1, 0.15) is 39.3 Å². The van der Waals surface area contributed by atoms with Gasteiger partial charge in [0.2, 0.25) is 0 Å². The van der Waals surface area contributed by atoms with Crippen molar-refractivity contribution in [2.24, 2.45) is 0 Å². The summed E-state index contributed by atoms with van der Waals surface area (Å²) in [4.78, 5) is 25.1. The van der Waals surface area contributed by atoms with E-state index in [2.05, 4.69) is 10.6 Å². The van der Waals surface area contributed by atoms with E-state index in [1.807, 2.05) is 57.2 Å². The van der Waals surface area contributed by atoms with Crippen LogP contribution in [0.15, 0.2) is 47.7 Å². The maximum Gasteiger partial charge on any atom is 0.338 e. The second kappa shape index (κ2) is 6.95. The van der Waals surface area contributed by atoms with Crippen LogP contribution in [0.25, 0.3) is 10.8 Å². The SMILES string of the molecule is COc1ccc2ccccc2c1C1NC(=O)NC(C)=C1C(=O)OC(C)(C)C. The minimum Gasteiger partial charge on any atom is -0.496 e. The van der Waals surface area contributed by atoms with Gasteiger partial charge in [-0.1, -0.05) is 30.3 Å². The number of ether oxygens (including phenoxy) is 2. The molecule has 1 heterocycles. The van der Waals surface area contributed by atoms with Gasteiger partial charge in [0.25, 0.3) is 0 Å². The van der Waals surface area contributed by atoms with Crippen molar-refractivity contribution < 1.29 is 19.1 Å². The van der Waals surface area contributed by atoms with Gasteiger partial charge in [0, 0.05) is 11.3 Å². The lowest BCUT2D eigenvalue weighted by molar-refractivity contribution is -0.150. The summed E-state index contributed by atoms with van der Waals surface area (Å²) in [6, 6.07) is 10.5. The molecule has 0 spiro atoms. The molecule has 0 aliphatic carbocycles. The van der Waals surface area contributed by atoms with Crippen molar-refractivity contribution >= 4 is 22.8 Å². The van der Waals surface area contributed by atoms with Gasteiger partial charge >= 0.3 is 12.0 Å². The number of methoxy groups -OCH3 is 1. The number of benzene rings is 2. The monoisotopic (exact) mass is 368 g/mol. The lowest BCUT2D eigenvalue weighted by atomic mass is 9.90. The van der Waals surface area contributed by atoms with Gasteiger partial charge in [-0.15, -0.1) is 0 Å². The molecule has 27 heavy (non-hydrogen) atoms. The number of rotatable bonds is 3. The molecule has 2 amide bonds. The van der Waals surface area contributed by atoms with Gasteiger partial charge in [-0.05, 0) is 44.5 Å². The largest absolute Gasteiger partial charge is 0.496 e. The van der Waals surface area contributed by atoms with Crippen molar-refractivity contribution in [2.45, 2.75) is 39.3 Å². The molecule has 2 aromatic rings. The molecule has 142 valence electrons. The first-order chi connectivity index (χ1) is 12.7. The van der Waals surface area contributed by atoms with Crippen LogP contribution < -0.4 is 15.4 Å². The quantitative estimate of drug-likeness (QED) is 0.808. The van der Waals surface area contributed by atoms with Gasteiger partial charge in [0.1, 0.15) is 11.4 Å². The third kappa shape index (κ3) is 3.74. The summed E-state index contributed by atoms with van der Waals surface area (Å²) in [6.45, 7) is 7.12. The fourth-order valence-electron chi connectivity index (χ4n) is 3.27. The smallest absolute Gasteiger partial charge is 0.338 e. The first-order valence-electron chi connectivity index (χ1n) is 8.78. The molecule has 1 aliphatic heterocycles. The number of esters is 1. The molecule has 0 aromatic heterocycles. The zero-order valence-corrected chi connectivity index (χ0v) is 16.2. The van der Waals surface area contributed by atoms with Crippen molar-refractivity contribution in [3.63, 3.8) is 0 Å². The summed E-state index contributed by atoms with van der Waals surface area (Å²) in [5.41, 5.74) is 0.900. The number of hydrogen-bond donors (Lipinski definition) is 2. The molecular weight excluding hydrogens is 344 g/mol. The predicted octanol–water partition coefficient (Wildman–Crippen LogP) is 3.82. The van der Waals surface area contributed by atoms with Crippen LogP contribution in [0, 0.1) is 0 Å². The van der Waals surface area contributed by atoms with Gasteiger partial charge in [0.05, 0.1) is 18.7 Å². The molecule has 1 unspecified atom stereocenters. The summed E-state index contributed by atoms with van der Waals surface area (Å²) in [5, 5.41) is 7.42. The van der Waals surface area contributed by atoms with E-state index in [0.29, 0.717) is 17.0 Å². The standard InChI is InChI=1S/C21H24N2O4/c1-12-16(19(24)27-21(2,3)4)18(23-20(25)22-12)17-14-9-7-6-8-13(14)10-11-15(17)26-5/h6-11,18H,1-5H3,(H2,22,23,25). The highest BCUT2D eigenvalue weighted by Crippen LogP contribution is 2.38. The first-order valence-corrected chi connectivity index (χ1v) is 8.78. The fraction of sp³-hybridized carbons (Fsp3) is 0.333. The summed E-state index contributed by atoms with van der Waals surface area (Å²) < 4.78 is 11.2. The van der Waals surface area contributed by atoms with Crippen molar-refractivity contribution in [2.75, 3.05) is 7.11 Å². The number of amides is 2. The summed E-state index contributed by atoms with van der Waals surface area (Å²) >= 11 is 0. The summed E-state index contributed by atoms with van der Waals surface area (Å²) in [6.07, 6.45) is 0. The minimum absolute atomic E-state index is 0.360. The van der Waals surface area contributed by atoms with Gasteiger partial charge in [0.15, 0.2) is 0 Å². The number of fused-ring (bicyclic) bond motifs is 1. The predicted molar refractivity (Wildman–Crippen MR) is 103 cm³/mol. The Labute approximate surface area is 158 Å². The van der Waals surface area contributed by atoms with Gasteiger partial charge in [-0.2, -0.15) is 0 Å². The number of urea groups is 1. The Kier molecular flexibility index (Phi) is 4.83. The van der Waals surface area contributed by atoms with Gasteiger partial charge < -0.3 is 20.1 Å². The van der Waals surface area contributed by atoms with Crippen LogP contribution in [0.2, 0.25) is 0 Å². The Balaban J connectivity index is 2.21. The summed E-state index contributed by atoms with van der Waals surface area (Å²) in [5.74, 6) is 0.113. The maximum absolute atomic E-state index is 12.9. The Hall–Kier alpha value is -3.02. The Morgan fingerprint density at radius 1 is 1.11 bits per heavy atom. The first kappa shape index (κ1) is 18.8. The van der Waals surface area contributed by atoms with E-state index in [0.717, 1.165) is 16.3 Å². The third-order valence-electron chi connectivity index (χ3n) is 4.33. The lowest BCUT2D eigenvalue weighted by Gasteiger charge is -2.31. The number of carbonyl (C=O) groups excluding carboxylic acids is 2. The molecule has 0 fully saturated rings. The zero-order chi connectivity index (χ0) is 19.8. The molecule has 6 nitrogen and oxygen atoms in total. The minimum atomic E-state index is -0.686. The van der Waals surface area contributed by atoms with E-state index in [-0.39, 0.29) is 6.03 Å². The highest BCUT2D eigenvalue weighted by molar-refractivity contribution is 5.98. The average molecular weight is 368 g/mol. The number of hydrogen-bond acceptors (Lipinski definition) is 4. The highest BCUT2D eigenvalue weighted by atomic mass is 16.6. The second-order valence-corrected chi connectivity index (χ2v) is 7.47. The van der Waals surface area contributed by atoms with Crippen LogP contribution in [0.5, 0.6) is 5.75 Å². The van der Waals surface area contributed by atoms with E-state index < -0.39 is 17.6 Å². The molecule has 1 atom stereocenters. The third-order valence-corrected chi connectivity index (χ3v) is 4.33. The Morgan fingerprint density at radius 2 is 1.81 bits per heavy atom. The number of carbonyl (C=O) groups is 2. The molecule has 1 aliphatic rings. The Bertz CT molecular complexity index is 941. The molecule has 0 saturated heterocycles. The van der Waals surface area contributed by atoms with Gasteiger partial charge in [-0.25, -0.2) is 9.59 Å². The molecule has 0 bridgehead atoms. The molecule has 6 heteroatoms. The maximum atomic E-state index is 12.9. The van der Waals surface area contributed by atoms with Crippen molar-refractivity contribution in [3.05, 3.63) is 53.2 Å². The number of allylic oxidation sites excluding steroid dienone is 1. The Morgan fingerprint density at radius 3 is 2.48 bits per heavy atom. The van der Waals surface area contributed by atoms with Crippen molar-refractivity contribution in [1.82, 2.24) is 10.6 Å². The van der Waals surface area contributed by atoms with E-state index >= 15 is 0 Å².